The third kappa shape index (κ3) is 4.81. The van der Waals surface area contributed by atoms with Crippen molar-refractivity contribution in [2.45, 2.75) is 19.6 Å². The molecule has 30 heavy (non-hydrogen) atoms. The molecule has 1 amide bonds. The molecule has 3 aromatic rings. The van der Waals surface area contributed by atoms with Gasteiger partial charge < -0.3 is 24.3 Å². The molecule has 1 aliphatic rings. The predicted octanol–water partition coefficient (Wildman–Crippen LogP) is 3.73. The molecule has 0 aliphatic carbocycles. The Hall–Kier alpha value is -3.74. The summed E-state index contributed by atoms with van der Waals surface area (Å²) in [7, 11) is 0. The van der Waals surface area contributed by atoms with Crippen molar-refractivity contribution in [3.63, 3.8) is 0 Å². The highest BCUT2D eigenvalue weighted by atomic mass is 16.6. The molecule has 154 valence electrons. The van der Waals surface area contributed by atoms with Gasteiger partial charge in [0.2, 0.25) is 12.0 Å². The van der Waals surface area contributed by atoms with E-state index in [-0.39, 0.29) is 12.5 Å². The zero-order valence-electron chi connectivity index (χ0n) is 16.5. The van der Waals surface area contributed by atoms with E-state index in [0.717, 1.165) is 11.3 Å². The quantitative estimate of drug-likeness (QED) is 0.644. The molecule has 7 heteroatoms. The Bertz CT molecular complexity index is 1010. The van der Waals surface area contributed by atoms with Crippen LogP contribution in [0.15, 0.2) is 66.9 Å². The molecule has 7 nitrogen and oxygen atoms in total. The van der Waals surface area contributed by atoms with Crippen LogP contribution in [0.5, 0.6) is 28.9 Å². The highest BCUT2D eigenvalue weighted by molar-refractivity contribution is 5.81. The van der Waals surface area contributed by atoms with Gasteiger partial charge in [0.25, 0.3) is 5.91 Å². The maximum absolute atomic E-state index is 12.5. The zero-order valence-corrected chi connectivity index (χ0v) is 16.5. The summed E-state index contributed by atoms with van der Waals surface area (Å²) in [4.78, 5) is 16.7. The van der Waals surface area contributed by atoms with Crippen molar-refractivity contribution in [1.82, 2.24) is 10.3 Å². The van der Waals surface area contributed by atoms with Crippen LogP contribution in [0.3, 0.4) is 0 Å². The number of rotatable bonds is 7. The second kappa shape index (κ2) is 9.17. The molecule has 1 unspecified atom stereocenters. The second-order valence-corrected chi connectivity index (χ2v) is 6.59. The summed E-state index contributed by atoms with van der Waals surface area (Å²) in [5.74, 6) is 2.85. The first kappa shape index (κ1) is 19.6. The highest BCUT2D eigenvalue weighted by Crippen LogP contribution is 2.31. The molecule has 1 atom stereocenters. The normalized spacial score (nSPS) is 14.6. The van der Waals surface area contributed by atoms with Crippen LogP contribution in [0.4, 0.5) is 0 Å². The Morgan fingerprint density at radius 3 is 2.67 bits per heavy atom. The Labute approximate surface area is 174 Å². The molecule has 1 N–H and O–H groups in total. The average Bonchev–Trinajstić information content (AvgIpc) is 2.79. The van der Waals surface area contributed by atoms with Gasteiger partial charge in [-0.05, 0) is 55.0 Å². The molecule has 0 fully saturated rings. The number of para-hydroxylation sites is 2. The minimum atomic E-state index is -0.693. The van der Waals surface area contributed by atoms with Gasteiger partial charge >= 0.3 is 0 Å². The van der Waals surface area contributed by atoms with Gasteiger partial charge in [-0.2, -0.15) is 0 Å². The van der Waals surface area contributed by atoms with E-state index in [2.05, 4.69) is 10.3 Å². The molecule has 0 saturated heterocycles. The molecule has 2 heterocycles. The molecule has 4 rings (SSSR count). The lowest BCUT2D eigenvalue weighted by molar-refractivity contribution is -0.130. The number of hydrogen-bond donors (Lipinski definition) is 1. The number of aromatic nitrogens is 1. The third-order valence-corrected chi connectivity index (χ3v) is 4.42. The highest BCUT2D eigenvalue weighted by Gasteiger charge is 2.26. The van der Waals surface area contributed by atoms with Crippen LogP contribution in [0.2, 0.25) is 0 Å². The Morgan fingerprint density at radius 1 is 1.10 bits per heavy atom. The second-order valence-electron chi connectivity index (χ2n) is 6.59. The molecule has 1 aromatic heterocycles. The number of amides is 1. The summed E-state index contributed by atoms with van der Waals surface area (Å²) in [6.45, 7) is 3.04. The largest absolute Gasteiger partial charge is 0.494 e. The number of benzene rings is 2. The molecular formula is C23H22N2O5. The maximum atomic E-state index is 12.5. The van der Waals surface area contributed by atoms with Crippen molar-refractivity contribution in [1.29, 1.82) is 0 Å². The summed E-state index contributed by atoms with van der Waals surface area (Å²) in [5, 5.41) is 2.87. The van der Waals surface area contributed by atoms with Crippen LogP contribution < -0.4 is 24.3 Å². The summed E-state index contributed by atoms with van der Waals surface area (Å²) < 4.78 is 22.5. The Morgan fingerprint density at radius 2 is 1.87 bits per heavy atom. The van der Waals surface area contributed by atoms with E-state index in [9.17, 15) is 4.79 Å². The first-order valence-corrected chi connectivity index (χ1v) is 9.73. The van der Waals surface area contributed by atoms with E-state index in [1.807, 2.05) is 55.5 Å². The van der Waals surface area contributed by atoms with E-state index in [0.29, 0.717) is 36.3 Å². The Balaban J connectivity index is 1.32. The third-order valence-electron chi connectivity index (χ3n) is 4.42. The molecule has 0 radical (unpaired) electrons. The number of fused-ring (bicyclic) bond motifs is 1. The number of carbonyl (C=O) groups is 1. The number of hydrogen-bond acceptors (Lipinski definition) is 6. The topological polar surface area (TPSA) is 78.9 Å². The number of carbonyl (C=O) groups excluding carboxylic acids is 1. The number of ether oxygens (including phenoxy) is 4. The van der Waals surface area contributed by atoms with E-state index in [4.69, 9.17) is 18.9 Å². The van der Waals surface area contributed by atoms with Gasteiger partial charge in [-0.25, -0.2) is 4.98 Å². The van der Waals surface area contributed by atoms with Gasteiger partial charge in [0.05, 0.1) is 6.61 Å². The standard InChI is InChI=1S/C23H22N2O5/c1-2-27-17-7-9-18(10-8-17)29-22-13-16(11-12-24-22)14-25-23(26)21-15-28-19-5-3-4-6-20(19)30-21/h3-13,21H,2,14-15H2,1H3,(H,25,26). The van der Waals surface area contributed by atoms with Gasteiger partial charge in [-0.15, -0.1) is 0 Å². The van der Waals surface area contributed by atoms with Crippen LogP contribution in [-0.2, 0) is 11.3 Å². The number of pyridine rings is 1. The molecule has 1 aliphatic heterocycles. The fourth-order valence-electron chi connectivity index (χ4n) is 2.96. The maximum Gasteiger partial charge on any atom is 0.264 e. The lowest BCUT2D eigenvalue weighted by Gasteiger charge is -2.25. The summed E-state index contributed by atoms with van der Waals surface area (Å²) >= 11 is 0. The van der Waals surface area contributed by atoms with Gasteiger partial charge in [0.1, 0.15) is 18.1 Å². The SMILES string of the molecule is CCOc1ccc(Oc2cc(CNC(=O)C3COc4ccccc4O3)ccn2)cc1. The molecular weight excluding hydrogens is 384 g/mol. The number of nitrogens with one attached hydrogen (secondary N) is 1. The van der Waals surface area contributed by atoms with Crippen LogP contribution in [0, 0.1) is 0 Å². The smallest absolute Gasteiger partial charge is 0.264 e. The minimum absolute atomic E-state index is 0.172. The van der Waals surface area contributed by atoms with Crippen molar-refractivity contribution in [2.24, 2.45) is 0 Å². The van der Waals surface area contributed by atoms with Gasteiger partial charge in [0.15, 0.2) is 11.5 Å². The molecule has 0 bridgehead atoms. The monoisotopic (exact) mass is 406 g/mol. The Kier molecular flexibility index (Phi) is 5.98. The van der Waals surface area contributed by atoms with E-state index in [1.165, 1.54) is 0 Å². The average molecular weight is 406 g/mol. The van der Waals surface area contributed by atoms with Crippen LogP contribution in [0.25, 0.3) is 0 Å². The zero-order chi connectivity index (χ0) is 20.8. The van der Waals surface area contributed by atoms with Crippen LogP contribution >= 0.6 is 0 Å². The van der Waals surface area contributed by atoms with Gasteiger partial charge in [-0.1, -0.05) is 12.1 Å². The molecule has 0 spiro atoms. The van der Waals surface area contributed by atoms with Crippen molar-refractivity contribution >= 4 is 5.91 Å². The van der Waals surface area contributed by atoms with E-state index in [1.54, 1.807) is 18.3 Å². The molecule has 0 saturated carbocycles. The summed E-state index contributed by atoms with van der Waals surface area (Å²) in [6.07, 6.45) is 0.947. The summed E-state index contributed by atoms with van der Waals surface area (Å²) in [5.41, 5.74) is 0.858. The van der Waals surface area contributed by atoms with E-state index < -0.39 is 6.10 Å². The van der Waals surface area contributed by atoms with Crippen molar-refractivity contribution in [2.75, 3.05) is 13.2 Å². The van der Waals surface area contributed by atoms with Gasteiger partial charge in [0, 0.05) is 18.8 Å². The van der Waals surface area contributed by atoms with Crippen molar-refractivity contribution < 1.29 is 23.7 Å². The van der Waals surface area contributed by atoms with Crippen molar-refractivity contribution in [3.8, 4) is 28.9 Å². The van der Waals surface area contributed by atoms with E-state index >= 15 is 0 Å². The van der Waals surface area contributed by atoms with Crippen LogP contribution in [-0.4, -0.2) is 30.2 Å². The first-order valence-electron chi connectivity index (χ1n) is 9.73. The van der Waals surface area contributed by atoms with Crippen molar-refractivity contribution in [3.05, 3.63) is 72.4 Å². The number of nitrogens with zero attached hydrogens (tertiary/aromatic N) is 1. The lowest BCUT2D eigenvalue weighted by Crippen LogP contribution is -2.43. The molecule has 2 aromatic carbocycles. The van der Waals surface area contributed by atoms with Crippen LogP contribution in [0.1, 0.15) is 12.5 Å². The summed E-state index contributed by atoms with van der Waals surface area (Å²) in [6, 6.07) is 18.2. The minimum Gasteiger partial charge on any atom is -0.494 e. The predicted molar refractivity (Wildman–Crippen MR) is 110 cm³/mol. The fourth-order valence-corrected chi connectivity index (χ4v) is 2.96. The van der Waals surface area contributed by atoms with Gasteiger partial charge in [-0.3, -0.25) is 4.79 Å². The first-order chi connectivity index (χ1) is 14.7. The lowest BCUT2D eigenvalue weighted by atomic mass is 10.2. The fraction of sp³-hybridized carbons (Fsp3) is 0.217.